The topological polar surface area (TPSA) is 15.6 Å². The molecule has 132 valence electrons. The summed E-state index contributed by atoms with van der Waals surface area (Å²) in [5.41, 5.74) is 8.96. The molecule has 2 nitrogen and oxygen atoms in total. The van der Waals surface area contributed by atoms with Gasteiger partial charge in [-0.05, 0) is 69.7 Å². The summed E-state index contributed by atoms with van der Waals surface area (Å²) >= 11 is 0. The summed E-state index contributed by atoms with van der Waals surface area (Å²) in [7, 11) is 0. The third kappa shape index (κ3) is 3.10. The largest absolute Gasteiger partial charge is 0.365 e. The standard InChI is InChI=1S/C23H30N2/c1-7-10-24-19(6)21-13-22(18(5)12-20(21)16(2)3)25-11-8-9-23(25)14-17(4)15-23/h7,12-13H,1-2,4,8-11,14-15H2,3,5-6H3/b24-19-. The molecule has 0 unspecified atom stereocenters. The first-order chi connectivity index (χ1) is 11.9. The Labute approximate surface area is 152 Å². The van der Waals surface area contributed by atoms with Gasteiger partial charge in [-0.3, -0.25) is 4.99 Å². The van der Waals surface area contributed by atoms with Crippen LogP contribution in [0.2, 0.25) is 0 Å². The van der Waals surface area contributed by atoms with Gasteiger partial charge in [0.25, 0.3) is 0 Å². The van der Waals surface area contributed by atoms with Crippen LogP contribution in [0.25, 0.3) is 5.57 Å². The van der Waals surface area contributed by atoms with Crippen LogP contribution < -0.4 is 4.90 Å². The van der Waals surface area contributed by atoms with Gasteiger partial charge in [0.15, 0.2) is 0 Å². The van der Waals surface area contributed by atoms with Crippen molar-refractivity contribution < 1.29 is 0 Å². The summed E-state index contributed by atoms with van der Waals surface area (Å²) in [6.07, 6.45) is 6.69. The molecule has 2 aliphatic rings. The predicted octanol–water partition coefficient (Wildman–Crippen LogP) is 5.71. The Morgan fingerprint density at radius 3 is 2.60 bits per heavy atom. The van der Waals surface area contributed by atoms with Crippen molar-refractivity contribution in [2.24, 2.45) is 4.99 Å². The first-order valence-corrected chi connectivity index (χ1v) is 9.25. The maximum atomic E-state index is 4.66. The lowest BCUT2D eigenvalue weighted by molar-refractivity contribution is 0.335. The van der Waals surface area contributed by atoms with Gasteiger partial charge < -0.3 is 4.90 Å². The highest BCUT2D eigenvalue weighted by Crippen LogP contribution is 2.50. The molecule has 1 aliphatic heterocycles. The van der Waals surface area contributed by atoms with Crippen LogP contribution in [0.3, 0.4) is 0 Å². The zero-order valence-corrected chi connectivity index (χ0v) is 16.0. The third-order valence-electron chi connectivity index (χ3n) is 5.69. The number of rotatable bonds is 5. The molecule has 1 saturated carbocycles. The minimum atomic E-state index is 0.315. The molecule has 0 radical (unpaired) electrons. The van der Waals surface area contributed by atoms with Crippen LogP contribution in [0.1, 0.15) is 56.2 Å². The Kier molecular flexibility index (Phi) is 4.73. The van der Waals surface area contributed by atoms with Gasteiger partial charge >= 0.3 is 0 Å². The summed E-state index contributed by atoms with van der Waals surface area (Å²) in [5.74, 6) is 0. The van der Waals surface area contributed by atoms with Crippen LogP contribution in [0.4, 0.5) is 5.69 Å². The molecule has 1 spiro atoms. The monoisotopic (exact) mass is 334 g/mol. The van der Waals surface area contributed by atoms with E-state index in [4.69, 9.17) is 0 Å². The molecular formula is C23H30N2. The van der Waals surface area contributed by atoms with E-state index >= 15 is 0 Å². The van der Waals surface area contributed by atoms with Crippen molar-refractivity contribution >= 4 is 17.0 Å². The summed E-state index contributed by atoms with van der Waals surface area (Å²) in [4.78, 5) is 7.30. The van der Waals surface area contributed by atoms with Crippen LogP contribution in [-0.4, -0.2) is 24.3 Å². The molecule has 0 bridgehead atoms. The zero-order valence-electron chi connectivity index (χ0n) is 16.0. The minimum absolute atomic E-state index is 0.315. The molecule has 1 aliphatic carbocycles. The number of aryl methyl sites for hydroxylation is 1. The maximum Gasteiger partial charge on any atom is 0.0571 e. The van der Waals surface area contributed by atoms with Crippen LogP contribution in [0.15, 0.2) is 48.5 Å². The predicted molar refractivity (Wildman–Crippen MR) is 111 cm³/mol. The molecule has 0 atom stereocenters. The second-order valence-corrected chi connectivity index (χ2v) is 7.76. The Balaban J connectivity index is 2.07. The van der Waals surface area contributed by atoms with Crippen molar-refractivity contribution in [3.8, 4) is 0 Å². The molecule has 0 amide bonds. The van der Waals surface area contributed by atoms with Crippen molar-refractivity contribution in [1.82, 2.24) is 0 Å². The average molecular weight is 335 g/mol. The lowest BCUT2D eigenvalue weighted by Gasteiger charge is -2.49. The summed E-state index contributed by atoms with van der Waals surface area (Å²) in [6.45, 7) is 20.3. The van der Waals surface area contributed by atoms with Crippen molar-refractivity contribution in [3.63, 3.8) is 0 Å². The number of hydrogen-bond acceptors (Lipinski definition) is 2. The summed E-state index contributed by atoms with van der Waals surface area (Å²) in [5, 5.41) is 0. The van der Waals surface area contributed by atoms with Gasteiger partial charge in [-0.15, -0.1) is 6.58 Å². The van der Waals surface area contributed by atoms with E-state index in [1.807, 2.05) is 6.08 Å². The average Bonchev–Trinajstić information content (AvgIpc) is 2.96. The van der Waals surface area contributed by atoms with Crippen molar-refractivity contribution in [2.45, 2.75) is 52.0 Å². The van der Waals surface area contributed by atoms with Gasteiger partial charge in [0.05, 0.1) is 6.54 Å². The van der Waals surface area contributed by atoms with Gasteiger partial charge in [-0.1, -0.05) is 30.4 Å². The molecule has 25 heavy (non-hydrogen) atoms. The van der Waals surface area contributed by atoms with Gasteiger partial charge in [0.2, 0.25) is 0 Å². The van der Waals surface area contributed by atoms with E-state index in [1.54, 1.807) is 0 Å². The van der Waals surface area contributed by atoms with Gasteiger partial charge in [-0.25, -0.2) is 0 Å². The normalized spacial score (nSPS) is 19.2. The third-order valence-corrected chi connectivity index (χ3v) is 5.69. The molecule has 2 fully saturated rings. The van der Waals surface area contributed by atoms with Crippen LogP contribution in [0.5, 0.6) is 0 Å². The number of aliphatic imine (C=N–C) groups is 1. The highest BCUT2D eigenvalue weighted by molar-refractivity contribution is 6.04. The van der Waals surface area contributed by atoms with Crippen LogP contribution in [-0.2, 0) is 0 Å². The molecule has 1 saturated heterocycles. The summed E-state index contributed by atoms with van der Waals surface area (Å²) in [6, 6.07) is 4.63. The van der Waals surface area contributed by atoms with E-state index in [0.29, 0.717) is 12.1 Å². The fourth-order valence-electron chi connectivity index (χ4n) is 4.49. The molecule has 0 aromatic heterocycles. The van der Waals surface area contributed by atoms with Crippen molar-refractivity contribution in [3.05, 3.63) is 60.2 Å². The molecular weight excluding hydrogens is 304 g/mol. The van der Waals surface area contributed by atoms with Crippen molar-refractivity contribution in [1.29, 1.82) is 0 Å². The lowest BCUT2D eigenvalue weighted by Crippen LogP contribution is -2.50. The van der Waals surface area contributed by atoms with Gasteiger partial charge in [0, 0.05) is 29.0 Å². The Hall–Kier alpha value is -2.09. The second-order valence-electron chi connectivity index (χ2n) is 7.76. The van der Waals surface area contributed by atoms with Gasteiger partial charge in [0.1, 0.15) is 0 Å². The number of allylic oxidation sites excluding steroid dienone is 1. The first kappa shape index (κ1) is 17.7. The highest BCUT2D eigenvalue weighted by atomic mass is 15.2. The van der Waals surface area contributed by atoms with E-state index in [0.717, 1.165) is 30.7 Å². The molecule has 3 rings (SSSR count). The lowest BCUT2D eigenvalue weighted by atomic mass is 9.71. The van der Waals surface area contributed by atoms with Crippen LogP contribution >= 0.6 is 0 Å². The number of hydrogen-bond donors (Lipinski definition) is 0. The quantitative estimate of drug-likeness (QED) is 0.497. The van der Waals surface area contributed by atoms with E-state index in [1.165, 1.54) is 40.8 Å². The molecule has 0 N–H and O–H groups in total. The molecule has 1 heterocycles. The number of benzene rings is 1. The first-order valence-electron chi connectivity index (χ1n) is 9.25. The maximum absolute atomic E-state index is 4.66. The smallest absolute Gasteiger partial charge is 0.0571 e. The van der Waals surface area contributed by atoms with E-state index in [-0.39, 0.29) is 0 Å². The fourth-order valence-corrected chi connectivity index (χ4v) is 4.49. The Morgan fingerprint density at radius 1 is 1.28 bits per heavy atom. The van der Waals surface area contributed by atoms with Gasteiger partial charge in [-0.2, -0.15) is 0 Å². The van der Waals surface area contributed by atoms with Crippen LogP contribution in [0, 0.1) is 6.92 Å². The van der Waals surface area contributed by atoms with Crippen molar-refractivity contribution in [2.75, 3.05) is 18.0 Å². The molecule has 2 heteroatoms. The SMILES string of the molecule is C=CC/N=C(/C)c1cc(N2CCCC23CC(=C)C3)c(C)cc1C(=C)C. The van der Waals surface area contributed by atoms with E-state index in [9.17, 15) is 0 Å². The summed E-state index contributed by atoms with van der Waals surface area (Å²) < 4.78 is 0. The Morgan fingerprint density at radius 2 is 2.00 bits per heavy atom. The number of nitrogens with zero attached hydrogens (tertiary/aromatic N) is 2. The highest BCUT2D eigenvalue weighted by Gasteiger charge is 2.48. The minimum Gasteiger partial charge on any atom is -0.365 e. The van der Waals surface area contributed by atoms with E-state index < -0.39 is 0 Å². The number of anilines is 1. The Bertz CT molecular complexity index is 759. The second kappa shape index (κ2) is 6.67. The molecule has 1 aromatic carbocycles. The fraction of sp³-hybridized carbons (Fsp3) is 0.435. The zero-order chi connectivity index (χ0) is 18.2. The molecule has 1 aromatic rings. The van der Waals surface area contributed by atoms with E-state index in [2.05, 4.69) is 62.5 Å².